The van der Waals surface area contributed by atoms with Gasteiger partial charge in [-0.1, -0.05) is 88.4 Å². The third-order valence-corrected chi connectivity index (χ3v) is 6.53. The minimum Gasteiger partial charge on any atom is -0.255 e. The first-order valence-corrected chi connectivity index (χ1v) is 10.7. The van der Waals surface area contributed by atoms with Gasteiger partial charge in [0, 0.05) is 26.0 Å². The Hall–Kier alpha value is -2.62. The molecule has 1 aliphatic heterocycles. The monoisotopic (exact) mass is 441 g/mol. The van der Waals surface area contributed by atoms with Crippen LogP contribution in [0.5, 0.6) is 0 Å². The van der Waals surface area contributed by atoms with E-state index in [2.05, 4.69) is 101 Å². The molecule has 0 bridgehead atoms. The molecule has 0 N–H and O–H groups in total. The number of halogens is 1. The highest BCUT2D eigenvalue weighted by molar-refractivity contribution is 9.10. The van der Waals surface area contributed by atoms with Crippen molar-refractivity contribution in [2.45, 2.75) is 9.79 Å². The second kappa shape index (κ2) is 7.42. The van der Waals surface area contributed by atoms with Gasteiger partial charge in [0.25, 0.3) is 0 Å². The van der Waals surface area contributed by atoms with Gasteiger partial charge in [-0.15, -0.1) is 0 Å². The lowest BCUT2D eigenvalue weighted by Crippen LogP contribution is -1.91. The lowest BCUT2D eigenvalue weighted by molar-refractivity contribution is 1.38. The highest BCUT2D eigenvalue weighted by Crippen LogP contribution is 2.41. The molecule has 0 unspecified atom stereocenters. The van der Waals surface area contributed by atoms with Gasteiger partial charge in [0.1, 0.15) is 0 Å². The van der Waals surface area contributed by atoms with Gasteiger partial charge < -0.3 is 0 Å². The molecule has 0 saturated heterocycles. The Morgan fingerprint density at radius 3 is 2.04 bits per heavy atom. The van der Waals surface area contributed by atoms with Gasteiger partial charge in [-0.25, -0.2) is 0 Å². The number of hydrogen-bond acceptors (Lipinski definition) is 2. The summed E-state index contributed by atoms with van der Waals surface area (Å²) in [7, 11) is 0. The molecule has 0 atom stereocenters. The third kappa shape index (κ3) is 3.32. The predicted molar refractivity (Wildman–Crippen MR) is 123 cm³/mol. The van der Waals surface area contributed by atoms with E-state index in [0.717, 1.165) is 10.2 Å². The lowest BCUT2D eigenvalue weighted by atomic mass is 9.97. The van der Waals surface area contributed by atoms with Gasteiger partial charge in [-0.05, 0) is 52.6 Å². The molecule has 4 aromatic rings. The molecule has 134 valence electrons. The summed E-state index contributed by atoms with van der Waals surface area (Å²) in [6.07, 6.45) is 2.01. The van der Waals surface area contributed by atoms with E-state index in [-0.39, 0.29) is 0 Å². The number of nitrogens with zero attached hydrogens (tertiary/aromatic N) is 1. The molecule has 1 nitrogen and oxygen atoms in total. The van der Waals surface area contributed by atoms with Gasteiger partial charge in [0.15, 0.2) is 0 Å². The summed E-state index contributed by atoms with van der Waals surface area (Å²) in [5.74, 6) is 0. The van der Waals surface area contributed by atoms with Gasteiger partial charge >= 0.3 is 0 Å². The maximum absolute atomic E-state index is 4.74. The molecule has 0 aromatic heterocycles. The Bertz CT molecular complexity index is 1180. The first-order valence-electron chi connectivity index (χ1n) is 9.08. The van der Waals surface area contributed by atoms with Gasteiger partial charge in [-0.2, -0.15) is 0 Å². The summed E-state index contributed by atoms with van der Waals surface area (Å²) in [4.78, 5) is 7.17. The van der Waals surface area contributed by atoms with E-state index in [0.29, 0.717) is 0 Å². The van der Waals surface area contributed by atoms with Crippen molar-refractivity contribution in [3.05, 3.63) is 101 Å². The van der Waals surface area contributed by atoms with Crippen LogP contribution in [0.15, 0.2) is 110 Å². The molecule has 0 saturated carbocycles. The zero-order valence-corrected chi connectivity index (χ0v) is 17.4. The van der Waals surface area contributed by atoms with Crippen LogP contribution < -0.4 is 0 Å². The molecule has 1 heterocycles. The van der Waals surface area contributed by atoms with Crippen LogP contribution in [-0.2, 0) is 0 Å². The molecule has 1 aliphatic rings. The first-order chi connectivity index (χ1) is 13.8. The number of para-hydroxylation sites is 1. The minimum absolute atomic E-state index is 1.03. The van der Waals surface area contributed by atoms with Gasteiger partial charge in [0.05, 0.1) is 5.69 Å². The average Bonchev–Trinajstić information content (AvgIpc) is 2.94. The van der Waals surface area contributed by atoms with Crippen molar-refractivity contribution in [1.82, 2.24) is 0 Å². The largest absolute Gasteiger partial charge is 0.255 e. The number of aliphatic imine (C=N–C) groups is 1. The van der Waals surface area contributed by atoms with E-state index in [4.69, 9.17) is 4.99 Å². The van der Waals surface area contributed by atoms with E-state index in [1.807, 2.05) is 12.3 Å². The van der Waals surface area contributed by atoms with Crippen molar-refractivity contribution in [1.29, 1.82) is 0 Å². The highest BCUT2D eigenvalue weighted by Gasteiger charge is 2.14. The third-order valence-electron chi connectivity index (χ3n) is 4.86. The average molecular weight is 442 g/mol. The zero-order valence-electron chi connectivity index (χ0n) is 15.0. The second-order valence-electron chi connectivity index (χ2n) is 6.63. The topological polar surface area (TPSA) is 12.4 Å². The molecule has 3 heteroatoms. The van der Waals surface area contributed by atoms with E-state index >= 15 is 0 Å². The van der Waals surface area contributed by atoms with Crippen molar-refractivity contribution < 1.29 is 0 Å². The zero-order chi connectivity index (χ0) is 18.9. The van der Waals surface area contributed by atoms with Crippen molar-refractivity contribution >= 4 is 39.6 Å². The van der Waals surface area contributed by atoms with Gasteiger partial charge in [0.2, 0.25) is 0 Å². The highest BCUT2D eigenvalue weighted by atomic mass is 79.9. The molecule has 5 rings (SSSR count). The van der Waals surface area contributed by atoms with Crippen LogP contribution in [-0.4, -0.2) is 6.21 Å². The smallest absolute Gasteiger partial charge is 0.0769 e. The van der Waals surface area contributed by atoms with Crippen LogP contribution in [0.3, 0.4) is 0 Å². The summed E-state index contributed by atoms with van der Waals surface area (Å²) < 4.78 is 1.10. The molecule has 4 aromatic carbocycles. The van der Waals surface area contributed by atoms with Crippen LogP contribution in [0.1, 0.15) is 5.56 Å². The van der Waals surface area contributed by atoms with Crippen molar-refractivity contribution in [3.63, 3.8) is 0 Å². The quantitative estimate of drug-likeness (QED) is 0.270. The number of rotatable bonds is 2. The van der Waals surface area contributed by atoms with Crippen LogP contribution >= 0.6 is 27.7 Å². The fraction of sp³-hybridized carbons (Fsp3) is 0. The molecule has 0 aliphatic carbocycles. The fourth-order valence-corrected chi connectivity index (χ4v) is 4.70. The number of hydrogen-bond donors (Lipinski definition) is 0. The van der Waals surface area contributed by atoms with Gasteiger partial charge in [-0.3, -0.25) is 4.99 Å². The molecule has 0 amide bonds. The summed E-state index contributed by atoms with van der Waals surface area (Å²) in [6, 6.07) is 32.0. The summed E-state index contributed by atoms with van der Waals surface area (Å²) >= 11 is 5.28. The minimum atomic E-state index is 1.03. The van der Waals surface area contributed by atoms with Crippen molar-refractivity contribution in [2.75, 3.05) is 0 Å². The van der Waals surface area contributed by atoms with Crippen LogP contribution in [0.2, 0.25) is 0 Å². The lowest BCUT2D eigenvalue weighted by Gasteiger charge is -2.11. The molecule has 28 heavy (non-hydrogen) atoms. The molecule has 0 fully saturated rings. The van der Waals surface area contributed by atoms with E-state index in [1.54, 1.807) is 11.8 Å². The Morgan fingerprint density at radius 1 is 0.607 bits per heavy atom. The van der Waals surface area contributed by atoms with Crippen molar-refractivity contribution in [3.8, 4) is 22.3 Å². The predicted octanol–water partition coefficient (Wildman–Crippen LogP) is 8.00. The summed E-state index contributed by atoms with van der Waals surface area (Å²) in [5, 5.41) is 0. The molecular formula is C25H16BrNS. The summed E-state index contributed by atoms with van der Waals surface area (Å²) in [6.45, 7) is 0. The van der Waals surface area contributed by atoms with E-state index in [1.165, 1.54) is 37.6 Å². The first kappa shape index (κ1) is 17.5. The number of fused-ring (bicyclic) bond motifs is 2. The molecular weight excluding hydrogens is 426 g/mol. The Morgan fingerprint density at radius 2 is 1.25 bits per heavy atom. The molecule has 0 spiro atoms. The van der Waals surface area contributed by atoms with Crippen LogP contribution in [0.4, 0.5) is 5.69 Å². The van der Waals surface area contributed by atoms with Crippen molar-refractivity contribution in [2.24, 2.45) is 4.99 Å². The number of benzene rings is 4. The normalized spacial score (nSPS) is 12.2. The summed E-state index contributed by atoms with van der Waals surface area (Å²) in [5.41, 5.74) is 7.06. The SMILES string of the molecule is Brc1ccc(-c2ccc(-c3cccc4c3C=Nc3ccccc3S4)cc2)cc1. The van der Waals surface area contributed by atoms with Crippen LogP contribution in [0.25, 0.3) is 22.3 Å². The Kier molecular flexibility index (Phi) is 4.63. The Labute approximate surface area is 177 Å². The Balaban J connectivity index is 1.54. The van der Waals surface area contributed by atoms with Crippen LogP contribution in [0, 0.1) is 0 Å². The fourth-order valence-electron chi connectivity index (χ4n) is 3.41. The maximum atomic E-state index is 4.74. The molecule has 0 radical (unpaired) electrons. The maximum Gasteiger partial charge on any atom is 0.0769 e. The second-order valence-corrected chi connectivity index (χ2v) is 8.63. The van der Waals surface area contributed by atoms with E-state index < -0.39 is 0 Å². The van der Waals surface area contributed by atoms with E-state index in [9.17, 15) is 0 Å². The standard InChI is InChI=1S/C25H16BrNS/c26-20-14-12-18(13-15-20)17-8-10-19(11-9-17)21-4-3-7-24-22(21)16-27-23-5-1-2-6-25(23)28-24/h1-16H.